The van der Waals surface area contributed by atoms with E-state index in [0.29, 0.717) is 35.1 Å². The van der Waals surface area contributed by atoms with E-state index in [4.69, 9.17) is 0 Å². The molecule has 0 bridgehead atoms. The molecule has 0 saturated heterocycles. The minimum Gasteiger partial charge on any atom is -0.507 e. The van der Waals surface area contributed by atoms with Crippen LogP contribution in [-0.2, 0) is 13.0 Å². The Hall–Kier alpha value is -3.18. The molecule has 1 N–H and O–H groups in total. The second-order valence-corrected chi connectivity index (χ2v) is 8.63. The first-order chi connectivity index (χ1) is 13.7. The van der Waals surface area contributed by atoms with Gasteiger partial charge in [0.2, 0.25) is 0 Å². The first-order valence-corrected chi connectivity index (χ1v) is 9.74. The highest BCUT2D eigenvalue weighted by Gasteiger charge is 2.32. The zero-order chi connectivity index (χ0) is 20.8. The summed E-state index contributed by atoms with van der Waals surface area (Å²) in [5.74, 6) is -0.221. The van der Waals surface area contributed by atoms with Gasteiger partial charge in [-0.15, -0.1) is 0 Å². The molecular formula is C24H25N2O3+. The zero-order valence-corrected chi connectivity index (χ0v) is 17.0. The minimum atomic E-state index is -0.246. The van der Waals surface area contributed by atoms with Crippen molar-refractivity contribution in [2.24, 2.45) is 0 Å². The van der Waals surface area contributed by atoms with E-state index in [1.54, 1.807) is 18.2 Å². The summed E-state index contributed by atoms with van der Waals surface area (Å²) in [5, 5.41) is 11.8. The summed E-state index contributed by atoms with van der Waals surface area (Å²) in [6.45, 7) is 0.994. The molecule has 3 aromatic rings. The quantitative estimate of drug-likeness (QED) is 0.536. The van der Waals surface area contributed by atoms with Gasteiger partial charge in [-0.1, -0.05) is 30.3 Å². The molecule has 0 atom stereocenters. The molecule has 0 saturated carbocycles. The van der Waals surface area contributed by atoms with E-state index in [9.17, 15) is 14.7 Å². The lowest BCUT2D eigenvalue weighted by Crippen LogP contribution is -2.41. The summed E-state index contributed by atoms with van der Waals surface area (Å²) in [6.07, 6.45) is 0.542. The highest BCUT2D eigenvalue weighted by atomic mass is 16.3. The molecule has 0 aliphatic carbocycles. The predicted molar refractivity (Wildman–Crippen MR) is 113 cm³/mol. The van der Waals surface area contributed by atoms with E-state index in [-0.39, 0.29) is 17.6 Å². The molecule has 29 heavy (non-hydrogen) atoms. The van der Waals surface area contributed by atoms with Gasteiger partial charge in [0.25, 0.3) is 11.8 Å². The number of aromatic hydroxyl groups is 1. The van der Waals surface area contributed by atoms with Crippen LogP contribution in [0.25, 0.3) is 10.8 Å². The van der Waals surface area contributed by atoms with Gasteiger partial charge < -0.3 is 9.59 Å². The summed E-state index contributed by atoms with van der Waals surface area (Å²) >= 11 is 0. The maximum absolute atomic E-state index is 13.0. The summed E-state index contributed by atoms with van der Waals surface area (Å²) in [5.41, 5.74) is 3.01. The van der Waals surface area contributed by atoms with Gasteiger partial charge in [0.15, 0.2) is 0 Å². The summed E-state index contributed by atoms with van der Waals surface area (Å²) < 4.78 is 0.695. The average Bonchev–Trinajstić information content (AvgIpc) is 2.67. The molecule has 0 radical (unpaired) electrons. The Morgan fingerprint density at radius 3 is 2.10 bits per heavy atom. The molecule has 0 aromatic heterocycles. The SMILES string of the molecule is C[N+](C)(C)Cc1cc(CCN2C(=O)c3cccc4cccc(c34)C2=O)ccc1O. The standard InChI is InChI=1S/C24H24N2O3/c1-26(2,3)15-18-14-16(10-11-21(18)27)12-13-25-23(28)19-8-4-6-17-7-5-9-20(22(17)19)24(25)29/h4-11,14H,12-13,15H2,1-3H3/p+1. The third-order valence-electron chi connectivity index (χ3n) is 5.27. The van der Waals surface area contributed by atoms with Crippen molar-refractivity contribution in [1.82, 2.24) is 4.90 Å². The topological polar surface area (TPSA) is 57.6 Å². The van der Waals surface area contributed by atoms with E-state index in [0.717, 1.165) is 21.9 Å². The Labute approximate surface area is 170 Å². The predicted octanol–water partition coefficient (Wildman–Crippen LogP) is 3.59. The number of quaternary nitrogens is 1. The Morgan fingerprint density at radius 1 is 0.897 bits per heavy atom. The maximum Gasteiger partial charge on any atom is 0.261 e. The fourth-order valence-corrected chi connectivity index (χ4v) is 3.96. The highest BCUT2D eigenvalue weighted by molar-refractivity contribution is 6.25. The van der Waals surface area contributed by atoms with Crippen LogP contribution >= 0.6 is 0 Å². The van der Waals surface area contributed by atoms with Gasteiger partial charge in [0, 0.05) is 28.6 Å². The number of phenols is 1. The van der Waals surface area contributed by atoms with Crippen LogP contribution in [0.1, 0.15) is 31.8 Å². The van der Waals surface area contributed by atoms with Crippen LogP contribution in [0.15, 0.2) is 54.6 Å². The van der Waals surface area contributed by atoms with Gasteiger partial charge in [-0.2, -0.15) is 0 Å². The number of phenolic OH excluding ortho intramolecular Hbond substituents is 1. The Morgan fingerprint density at radius 2 is 1.52 bits per heavy atom. The first kappa shape index (κ1) is 19.2. The largest absolute Gasteiger partial charge is 0.507 e. The van der Waals surface area contributed by atoms with Gasteiger partial charge in [-0.25, -0.2) is 0 Å². The molecular weight excluding hydrogens is 364 g/mol. The van der Waals surface area contributed by atoms with Crippen LogP contribution in [0.3, 0.4) is 0 Å². The van der Waals surface area contributed by atoms with Crippen molar-refractivity contribution in [3.8, 4) is 5.75 Å². The van der Waals surface area contributed by atoms with E-state index < -0.39 is 0 Å². The molecule has 1 heterocycles. The number of hydrogen-bond donors (Lipinski definition) is 1. The lowest BCUT2D eigenvalue weighted by Gasteiger charge is -2.27. The zero-order valence-electron chi connectivity index (χ0n) is 17.0. The van der Waals surface area contributed by atoms with Crippen molar-refractivity contribution in [2.75, 3.05) is 27.7 Å². The van der Waals surface area contributed by atoms with E-state index >= 15 is 0 Å². The van der Waals surface area contributed by atoms with Crippen molar-refractivity contribution in [3.05, 3.63) is 76.9 Å². The number of carbonyl (C=O) groups excluding carboxylic acids is 2. The molecule has 5 nitrogen and oxygen atoms in total. The lowest BCUT2D eigenvalue weighted by atomic mass is 9.94. The monoisotopic (exact) mass is 389 g/mol. The number of amides is 2. The summed E-state index contributed by atoms with van der Waals surface area (Å²) in [4.78, 5) is 27.3. The normalized spacial score (nSPS) is 14.0. The number of nitrogens with zero attached hydrogens (tertiary/aromatic N) is 2. The van der Waals surface area contributed by atoms with E-state index in [1.165, 1.54) is 4.90 Å². The molecule has 1 aliphatic heterocycles. The van der Waals surface area contributed by atoms with Crippen LogP contribution in [0.2, 0.25) is 0 Å². The van der Waals surface area contributed by atoms with Crippen LogP contribution in [0, 0.1) is 0 Å². The average molecular weight is 389 g/mol. The smallest absolute Gasteiger partial charge is 0.261 e. The van der Waals surface area contributed by atoms with Crippen molar-refractivity contribution >= 4 is 22.6 Å². The molecule has 0 unspecified atom stereocenters. The van der Waals surface area contributed by atoms with Gasteiger partial charge in [0.1, 0.15) is 12.3 Å². The summed E-state index contributed by atoms with van der Waals surface area (Å²) in [6, 6.07) is 16.6. The van der Waals surface area contributed by atoms with Crippen molar-refractivity contribution in [2.45, 2.75) is 13.0 Å². The molecule has 3 aromatic carbocycles. The Bertz CT molecular complexity index is 1080. The third kappa shape index (κ3) is 3.61. The molecule has 0 fully saturated rings. The van der Waals surface area contributed by atoms with E-state index in [1.807, 2.05) is 36.4 Å². The maximum atomic E-state index is 13.0. The van der Waals surface area contributed by atoms with Crippen LogP contribution < -0.4 is 0 Å². The number of benzene rings is 3. The third-order valence-corrected chi connectivity index (χ3v) is 5.27. The molecule has 148 valence electrons. The molecule has 2 amide bonds. The number of carbonyl (C=O) groups is 2. The second-order valence-electron chi connectivity index (χ2n) is 8.63. The lowest BCUT2D eigenvalue weighted by molar-refractivity contribution is -0.884. The Balaban J connectivity index is 1.59. The van der Waals surface area contributed by atoms with Gasteiger partial charge in [-0.05, 0) is 41.6 Å². The molecule has 5 heteroatoms. The molecule has 0 spiro atoms. The summed E-state index contributed by atoms with van der Waals surface area (Å²) in [7, 11) is 6.19. The first-order valence-electron chi connectivity index (χ1n) is 9.74. The fourth-order valence-electron chi connectivity index (χ4n) is 3.96. The fraction of sp³-hybridized carbons (Fsp3) is 0.250. The van der Waals surface area contributed by atoms with Gasteiger partial charge >= 0.3 is 0 Å². The minimum absolute atomic E-state index is 0.246. The van der Waals surface area contributed by atoms with Crippen LogP contribution in [0.4, 0.5) is 0 Å². The van der Waals surface area contributed by atoms with Crippen molar-refractivity contribution in [1.29, 1.82) is 0 Å². The van der Waals surface area contributed by atoms with Crippen molar-refractivity contribution < 1.29 is 19.2 Å². The highest BCUT2D eigenvalue weighted by Crippen LogP contribution is 2.30. The van der Waals surface area contributed by atoms with E-state index in [2.05, 4.69) is 21.1 Å². The van der Waals surface area contributed by atoms with Crippen molar-refractivity contribution in [3.63, 3.8) is 0 Å². The Kier molecular flexibility index (Phi) is 4.63. The van der Waals surface area contributed by atoms with Crippen LogP contribution in [0.5, 0.6) is 5.75 Å². The second kappa shape index (κ2) is 7.01. The molecule has 1 aliphatic rings. The number of rotatable bonds is 5. The van der Waals surface area contributed by atoms with Gasteiger partial charge in [0.05, 0.1) is 21.1 Å². The molecule has 4 rings (SSSR count). The van der Waals surface area contributed by atoms with Crippen LogP contribution in [-0.4, -0.2) is 54.0 Å². The number of hydrogen-bond acceptors (Lipinski definition) is 3. The van der Waals surface area contributed by atoms with Gasteiger partial charge in [-0.3, -0.25) is 14.5 Å². The number of imide groups is 1.